The first-order chi connectivity index (χ1) is 18.1. The number of aryl methyl sites for hydroxylation is 1. The summed E-state index contributed by atoms with van der Waals surface area (Å²) >= 11 is 0. The van der Waals surface area contributed by atoms with E-state index < -0.39 is 5.63 Å². The molecule has 2 aliphatic rings. The Bertz CT molecular complexity index is 1510. The molecule has 0 unspecified atom stereocenters. The summed E-state index contributed by atoms with van der Waals surface area (Å²) in [6.45, 7) is 4.47. The first kappa shape index (κ1) is 23.5. The third kappa shape index (κ3) is 4.53. The lowest BCUT2D eigenvalue weighted by atomic mass is 9.96. The molecule has 1 aromatic heterocycles. The zero-order valence-corrected chi connectivity index (χ0v) is 21.0. The number of ether oxygens (including phenoxy) is 1. The van der Waals surface area contributed by atoms with E-state index in [0.717, 1.165) is 48.9 Å². The molecule has 3 aromatic carbocycles. The van der Waals surface area contributed by atoms with Gasteiger partial charge >= 0.3 is 5.63 Å². The summed E-state index contributed by atoms with van der Waals surface area (Å²) < 4.78 is 11.7. The largest absolute Gasteiger partial charge is 0.489 e. The summed E-state index contributed by atoms with van der Waals surface area (Å²) in [4.78, 5) is 30.8. The Kier molecular flexibility index (Phi) is 6.26. The van der Waals surface area contributed by atoms with Crippen molar-refractivity contribution in [3.63, 3.8) is 0 Å². The van der Waals surface area contributed by atoms with Crippen LogP contribution in [-0.4, -0.2) is 29.9 Å². The van der Waals surface area contributed by atoms with Crippen LogP contribution in [0.2, 0.25) is 0 Å². The molecule has 3 heterocycles. The van der Waals surface area contributed by atoms with Gasteiger partial charge in [0.05, 0.1) is 6.04 Å². The van der Waals surface area contributed by atoms with Gasteiger partial charge in [0.1, 0.15) is 23.6 Å². The van der Waals surface area contributed by atoms with Crippen molar-refractivity contribution in [1.82, 2.24) is 4.90 Å². The van der Waals surface area contributed by atoms with Crippen molar-refractivity contribution in [2.75, 3.05) is 18.0 Å². The van der Waals surface area contributed by atoms with Crippen LogP contribution in [0.1, 0.15) is 35.6 Å². The van der Waals surface area contributed by atoms with Crippen LogP contribution in [0.25, 0.3) is 11.0 Å². The van der Waals surface area contributed by atoms with Crippen molar-refractivity contribution in [3.05, 3.63) is 105 Å². The maximum absolute atomic E-state index is 13.8. The molecule has 0 bridgehead atoms. The van der Waals surface area contributed by atoms with E-state index in [1.807, 2.05) is 55.5 Å². The number of amides is 1. The molecule has 4 aromatic rings. The minimum atomic E-state index is -0.454. The van der Waals surface area contributed by atoms with Crippen LogP contribution in [0.15, 0.2) is 82.0 Å². The minimum Gasteiger partial charge on any atom is -0.489 e. The van der Waals surface area contributed by atoms with Gasteiger partial charge in [0.25, 0.3) is 0 Å². The van der Waals surface area contributed by atoms with Crippen molar-refractivity contribution < 1.29 is 13.9 Å². The Morgan fingerprint density at radius 1 is 0.973 bits per heavy atom. The lowest BCUT2D eigenvalue weighted by molar-refractivity contribution is -0.123. The quantitative estimate of drug-likeness (QED) is 0.361. The second-order valence-electron chi connectivity index (χ2n) is 9.91. The molecule has 6 rings (SSSR count). The van der Waals surface area contributed by atoms with E-state index in [4.69, 9.17) is 9.15 Å². The average molecular weight is 495 g/mol. The normalized spacial score (nSPS) is 16.2. The Morgan fingerprint density at radius 2 is 1.76 bits per heavy atom. The molecule has 6 heteroatoms. The van der Waals surface area contributed by atoms with E-state index >= 15 is 0 Å². The van der Waals surface area contributed by atoms with Gasteiger partial charge in [0.15, 0.2) is 0 Å². The zero-order valence-electron chi connectivity index (χ0n) is 21.0. The summed E-state index contributed by atoms with van der Waals surface area (Å²) in [5, 5.41) is 0.831. The van der Waals surface area contributed by atoms with Crippen molar-refractivity contribution in [2.24, 2.45) is 0 Å². The first-order valence-corrected chi connectivity index (χ1v) is 13.0. The molecule has 0 fully saturated rings. The predicted molar refractivity (Wildman–Crippen MR) is 144 cm³/mol. The second-order valence-corrected chi connectivity index (χ2v) is 9.91. The number of hydrogen-bond donors (Lipinski definition) is 0. The highest BCUT2D eigenvalue weighted by Crippen LogP contribution is 2.34. The second kappa shape index (κ2) is 9.87. The van der Waals surface area contributed by atoms with Crippen LogP contribution < -0.4 is 15.3 Å². The molecule has 0 saturated heterocycles. The molecular weight excluding hydrogens is 464 g/mol. The smallest absolute Gasteiger partial charge is 0.360 e. The SMILES string of the molecule is C[C@H](C(=O)N1CCCc2c1c(=O)oc1ccc(OCc3ccccc3)cc21)N1CCc2ccccc2C1. The van der Waals surface area contributed by atoms with Crippen LogP contribution in [0.5, 0.6) is 5.75 Å². The van der Waals surface area contributed by atoms with Crippen LogP contribution in [0.4, 0.5) is 5.69 Å². The fourth-order valence-electron chi connectivity index (χ4n) is 5.57. The van der Waals surface area contributed by atoms with Gasteiger partial charge in [-0.25, -0.2) is 4.79 Å². The van der Waals surface area contributed by atoms with E-state index in [0.29, 0.717) is 30.2 Å². The molecule has 0 saturated carbocycles. The van der Waals surface area contributed by atoms with E-state index in [9.17, 15) is 9.59 Å². The molecule has 2 aliphatic heterocycles. The number of nitrogens with zero attached hydrogens (tertiary/aromatic N) is 2. The first-order valence-electron chi connectivity index (χ1n) is 13.0. The van der Waals surface area contributed by atoms with Gasteiger partial charge in [-0.05, 0) is 66.6 Å². The van der Waals surface area contributed by atoms with Crippen molar-refractivity contribution in [1.29, 1.82) is 0 Å². The van der Waals surface area contributed by atoms with Gasteiger partial charge in [-0.2, -0.15) is 0 Å². The van der Waals surface area contributed by atoms with Gasteiger partial charge in [0, 0.05) is 25.0 Å². The van der Waals surface area contributed by atoms with Crippen LogP contribution >= 0.6 is 0 Å². The number of carbonyl (C=O) groups is 1. The third-order valence-electron chi connectivity index (χ3n) is 7.62. The molecule has 1 atom stereocenters. The molecule has 188 valence electrons. The molecule has 0 radical (unpaired) electrons. The summed E-state index contributed by atoms with van der Waals surface area (Å²) in [5.74, 6) is 0.652. The Labute approximate surface area is 216 Å². The Hall–Kier alpha value is -3.90. The number of anilines is 1. The molecule has 0 N–H and O–H groups in total. The van der Waals surface area contributed by atoms with Gasteiger partial charge in [-0.3, -0.25) is 9.69 Å². The van der Waals surface area contributed by atoms with Crippen LogP contribution in [0.3, 0.4) is 0 Å². The summed E-state index contributed by atoms with van der Waals surface area (Å²) in [6, 6.07) is 23.6. The molecule has 1 amide bonds. The fourth-order valence-corrected chi connectivity index (χ4v) is 5.57. The fraction of sp³-hybridized carbons (Fsp3) is 0.290. The third-order valence-corrected chi connectivity index (χ3v) is 7.62. The molecule has 0 aliphatic carbocycles. The number of rotatable bonds is 5. The Balaban J connectivity index is 1.28. The topological polar surface area (TPSA) is 63.0 Å². The Morgan fingerprint density at radius 3 is 2.59 bits per heavy atom. The molecule has 37 heavy (non-hydrogen) atoms. The standard InChI is InChI=1S/C31H30N2O4/c1-21(32-17-15-23-10-5-6-11-24(23)19-32)30(34)33-16-7-12-26-27-18-25(36-20-22-8-3-2-4-9-22)13-14-28(27)37-31(35)29(26)33/h2-6,8-11,13-14,18,21H,7,12,15-17,19-20H2,1H3/t21-/m1/s1. The highest BCUT2D eigenvalue weighted by molar-refractivity contribution is 6.00. The maximum Gasteiger partial charge on any atom is 0.360 e. The lowest BCUT2D eigenvalue weighted by Gasteiger charge is -2.37. The van der Waals surface area contributed by atoms with Crippen molar-refractivity contribution in [3.8, 4) is 5.75 Å². The zero-order chi connectivity index (χ0) is 25.4. The molecule has 0 spiro atoms. The predicted octanol–water partition coefficient (Wildman–Crippen LogP) is 5.10. The van der Waals surface area contributed by atoms with Gasteiger partial charge in [-0.15, -0.1) is 0 Å². The number of hydrogen-bond acceptors (Lipinski definition) is 5. The number of carbonyl (C=O) groups excluding carboxylic acids is 1. The summed E-state index contributed by atoms with van der Waals surface area (Å²) in [7, 11) is 0. The number of benzene rings is 3. The molecular formula is C31H30N2O4. The van der Waals surface area contributed by atoms with E-state index in [-0.39, 0.29) is 11.9 Å². The van der Waals surface area contributed by atoms with E-state index in [2.05, 4.69) is 23.1 Å². The summed E-state index contributed by atoms with van der Waals surface area (Å²) in [6.07, 6.45) is 2.43. The van der Waals surface area contributed by atoms with E-state index in [1.54, 1.807) is 11.0 Å². The van der Waals surface area contributed by atoms with Crippen molar-refractivity contribution in [2.45, 2.75) is 45.4 Å². The van der Waals surface area contributed by atoms with Gasteiger partial charge in [0.2, 0.25) is 5.91 Å². The minimum absolute atomic E-state index is 0.0523. The van der Waals surface area contributed by atoms with Gasteiger partial charge in [-0.1, -0.05) is 54.6 Å². The van der Waals surface area contributed by atoms with E-state index in [1.165, 1.54) is 11.1 Å². The summed E-state index contributed by atoms with van der Waals surface area (Å²) in [5.41, 5.74) is 5.01. The number of fused-ring (bicyclic) bond motifs is 4. The van der Waals surface area contributed by atoms with Crippen molar-refractivity contribution >= 4 is 22.6 Å². The molecule has 6 nitrogen and oxygen atoms in total. The van der Waals surface area contributed by atoms with Crippen LogP contribution in [-0.2, 0) is 30.8 Å². The highest BCUT2D eigenvalue weighted by Gasteiger charge is 2.34. The maximum atomic E-state index is 13.8. The van der Waals surface area contributed by atoms with Gasteiger partial charge < -0.3 is 14.1 Å². The highest BCUT2D eigenvalue weighted by atomic mass is 16.5. The average Bonchev–Trinajstić information content (AvgIpc) is 2.95. The lowest BCUT2D eigenvalue weighted by Crippen LogP contribution is -2.51. The van der Waals surface area contributed by atoms with Crippen LogP contribution in [0, 0.1) is 0 Å². The monoisotopic (exact) mass is 494 g/mol.